The highest BCUT2D eigenvalue weighted by Crippen LogP contribution is 2.30. The van der Waals surface area contributed by atoms with Crippen molar-refractivity contribution in [3.05, 3.63) is 64.7 Å². The molecule has 0 bridgehead atoms. The molecule has 0 aliphatic carbocycles. The zero-order valence-corrected chi connectivity index (χ0v) is 12.4. The van der Waals surface area contributed by atoms with Gasteiger partial charge in [-0.1, -0.05) is 30.3 Å². The van der Waals surface area contributed by atoms with Gasteiger partial charge in [-0.25, -0.2) is 0 Å². The first-order valence-electron chi connectivity index (χ1n) is 6.55. The fourth-order valence-corrected chi connectivity index (χ4v) is 2.30. The molecule has 0 saturated carbocycles. The van der Waals surface area contributed by atoms with Gasteiger partial charge in [-0.2, -0.15) is 0 Å². The van der Waals surface area contributed by atoms with Crippen molar-refractivity contribution in [2.24, 2.45) is 0 Å². The van der Waals surface area contributed by atoms with Crippen molar-refractivity contribution < 1.29 is 4.74 Å². The molecule has 19 heavy (non-hydrogen) atoms. The molecule has 0 aromatic heterocycles. The van der Waals surface area contributed by atoms with Crippen LogP contribution in [0.3, 0.4) is 0 Å². The van der Waals surface area contributed by atoms with Gasteiger partial charge in [-0.05, 0) is 55.2 Å². The first-order valence-corrected chi connectivity index (χ1v) is 6.99. The average molecular weight is 275 g/mol. The van der Waals surface area contributed by atoms with Crippen LogP contribution in [-0.4, -0.2) is 6.61 Å². The molecule has 0 saturated heterocycles. The van der Waals surface area contributed by atoms with Crippen LogP contribution >= 0.6 is 11.6 Å². The number of halogens is 1. The van der Waals surface area contributed by atoms with E-state index in [2.05, 4.69) is 32.0 Å². The Balaban J connectivity index is 2.22. The van der Waals surface area contributed by atoms with E-state index in [0.29, 0.717) is 6.61 Å². The molecule has 1 atom stereocenters. The van der Waals surface area contributed by atoms with Crippen LogP contribution in [0.1, 0.15) is 34.6 Å². The van der Waals surface area contributed by atoms with Gasteiger partial charge in [0.25, 0.3) is 0 Å². The molecule has 1 unspecified atom stereocenters. The van der Waals surface area contributed by atoms with Crippen LogP contribution < -0.4 is 4.74 Å². The van der Waals surface area contributed by atoms with Crippen molar-refractivity contribution in [3.63, 3.8) is 0 Å². The molecular weight excluding hydrogens is 256 g/mol. The minimum absolute atomic E-state index is 0.116. The Morgan fingerprint density at radius 3 is 2.16 bits per heavy atom. The van der Waals surface area contributed by atoms with E-state index in [4.69, 9.17) is 16.3 Å². The topological polar surface area (TPSA) is 9.23 Å². The first kappa shape index (κ1) is 14.0. The fourth-order valence-electron chi connectivity index (χ4n) is 2.01. The largest absolute Gasteiger partial charge is 0.494 e. The molecule has 100 valence electrons. The molecule has 1 nitrogen and oxygen atoms in total. The maximum atomic E-state index is 6.54. The Bertz CT molecular complexity index is 546. The van der Waals surface area contributed by atoms with Gasteiger partial charge < -0.3 is 4.74 Å². The van der Waals surface area contributed by atoms with E-state index in [0.717, 1.165) is 16.9 Å². The third-order valence-electron chi connectivity index (χ3n) is 3.31. The van der Waals surface area contributed by atoms with Crippen LogP contribution in [0.15, 0.2) is 42.5 Å². The van der Waals surface area contributed by atoms with Crippen molar-refractivity contribution >= 4 is 11.6 Å². The van der Waals surface area contributed by atoms with Crippen LogP contribution in [0.2, 0.25) is 0 Å². The second-order valence-electron chi connectivity index (χ2n) is 4.71. The molecule has 2 aromatic rings. The smallest absolute Gasteiger partial charge is 0.119 e. The molecule has 0 radical (unpaired) electrons. The van der Waals surface area contributed by atoms with Gasteiger partial charge in [-0.15, -0.1) is 11.6 Å². The lowest BCUT2D eigenvalue weighted by Gasteiger charge is -2.13. The molecule has 0 aliphatic heterocycles. The van der Waals surface area contributed by atoms with Gasteiger partial charge >= 0.3 is 0 Å². The quantitative estimate of drug-likeness (QED) is 0.711. The Hall–Kier alpha value is -1.47. The maximum Gasteiger partial charge on any atom is 0.119 e. The van der Waals surface area contributed by atoms with Gasteiger partial charge in [0, 0.05) is 0 Å². The molecule has 0 fully saturated rings. The Labute approximate surface area is 120 Å². The summed E-state index contributed by atoms with van der Waals surface area (Å²) in [5.74, 6) is 0.884. The van der Waals surface area contributed by atoms with E-state index in [9.17, 15) is 0 Å². The van der Waals surface area contributed by atoms with E-state index >= 15 is 0 Å². The van der Waals surface area contributed by atoms with Gasteiger partial charge in [-0.3, -0.25) is 0 Å². The SMILES string of the molecule is CCOc1ccc(C(Cl)c2ccc(C)c(C)c2)cc1. The van der Waals surface area contributed by atoms with Crippen molar-refractivity contribution in [1.29, 1.82) is 0 Å². The second-order valence-corrected chi connectivity index (χ2v) is 5.14. The highest BCUT2D eigenvalue weighted by atomic mass is 35.5. The minimum Gasteiger partial charge on any atom is -0.494 e. The molecule has 0 heterocycles. The first-order chi connectivity index (χ1) is 9.11. The van der Waals surface area contributed by atoms with Crippen LogP contribution in [0.5, 0.6) is 5.75 Å². The molecule has 2 heteroatoms. The Kier molecular flexibility index (Phi) is 4.49. The molecule has 2 aromatic carbocycles. The van der Waals surface area contributed by atoms with E-state index in [1.54, 1.807) is 0 Å². The van der Waals surface area contributed by atoms with Crippen LogP contribution in [-0.2, 0) is 0 Å². The number of benzene rings is 2. The second kappa shape index (κ2) is 6.12. The highest BCUT2D eigenvalue weighted by Gasteiger charge is 2.11. The molecule has 0 amide bonds. The van der Waals surface area contributed by atoms with Gasteiger partial charge in [0.2, 0.25) is 0 Å². The van der Waals surface area contributed by atoms with E-state index < -0.39 is 0 Å². The molecule has 0 N–H and O–H groups in total. The third kappa shape index (κ3) is 3.30. The number of ether oxygens (including phenoxy) is 1. The predicted octanol–water partition coefficient (Wildman–Crippen LogP) is 5.03. The van der Waals surface area contributed by atoms with Crippen LogP contribution in [0.25, 0.3) is 0 Å². The van der Waals surface area contributed by atoms with Gasteiger partial charge in [0.1, 0.15) is 5.75 Å². The summed E-state index contributed by atoms with van der Waals surface area (Å²) in [4.78, 5) is 0. The molecule has 2 rings (SSSR count). The van der Waals surface area contributed by atoms with Gasteiger partial charge in [0.05, 0.1) is 12.0 Å². The summed E-state index contributed by atoms with van der Waals surface area (Å²) < 4.78 is 5.44. The summed E-state index contributed by atoms with van der Waals surface area (Å²) in [6.07, 6.45) is 0. The predicted molar refractivity (Wildman–Crippen MR) is 81.2 cm³/mol. The lowest BCUT2D eigenvalue weighted by molar-refractivity contribution is 0.340. The van der Waals surface area contributed by atoms with Crippen molar-refractivity contribution in [2.75, 3.05) is 6.61 Å². The molecule has 0 spiro atoms. The van der Waals surface area contributed by atoms with Crippen molar-refractivity contribution in [3.8, 4) is 5.75 Å². The summed E-state index contributed by atoms with van der Waals surface area (Å²) in [6, 6.07) is 14.4. The fraction of sp³-hybridized carbons (Fsp3) is 0.294. The van der Waals surface area contributed by atoms with Crippen molar-refractivity contribution in [2.45, 2.75) is 26.1 Å². The normalized spacial score (nSPS) is 12.2. The zero-order valence-electron chi connectivity index (χ0n) is 11.6. The Morgan fingerprint density at radius 1 is 0.947 bits per heavy atom. The third-order valence-corrected chi connectivity index (χ3v) is 3.81. The number of rotatable bonds is 4. The van der Waals surface area contributed by atoms with E-state index in [1.807, 2.05) is 31.2 Å². The summed E-state index contributed by atoms with van der Waals surface area (Å²) in [5, 5.41) is -0.116. The maximum absolute atomic E-state index is 6.54. The number of hydrogen-bond donors (Lipinski definition) is 0. The van der Waals surface area contributed by atoms with Crippen LogP contribution in [0, 0.1) is 13.8 Å². The van der Waals surface area contributed by atoms with E-state index in [-0.39, 0.29) is 5.38 Å². The molecule has 0 aliphatic rings. The average Bonchev–Trinajstić information content (AvgIpc) is 2.42. The minimum atomic E-state index is -0.116. The molecular formula is C17H19ClO. The highest BCUT2D eigenvalue weighted by molar-refractivity contribution is 6.22. The lowest BCUT2D eigenvalue weighted by atomic mass is 10.00. The monoisotopic (exact) mass is 274 g/mol. The summed E-state index contributed by atoms with van der Waals surface area (Å²) in [7, 11) is 0. The van der Waals surface area contributed by atoms with Crippen LogP contribution in [0.4, 0.5) is 0 Å². The standard InChI is InChI=1S/C17H19ClO/c1-4-19-16-9-7-14(8-10-16)17(18)15-6-5-12(2)13(3)11-15/h5-11,17H,4H2,1-3H3. The van der Waals surface area contributed by atoms with Gasteiger partial charge in [0.15, 0.2) is 0 Å². The Morgan fingerprint density at radius 2 is 1.58 bits per heavy atom. The van der Waals surface area contributed by atoms with Crippen molar-refractivity contribution in [1.82, 2.24) is 0 Å². The summed E-state index contributed by atoms with van der Waals surface area (Å²) >= 11 is 6.54. The van der Waals surface area contributed by atoms with E-state index in [1.165, 1.54) is 11.1 Å². The summed E-state index contributed by atoms with van der Waals surface area (Å²) in [6.45, 7) is 6.88. The zero-order chi connectivity index (χ0) is 13.8. The lowest BCUT2D eigenvalue weighted by Crippen LogP contribution is -1.96. The number of aryl methyl sites for hydroxylation is 2. The number of hydrogen-bond acceptors (Lipinski definition) is 1. The summed E-state index contributed by atoms with van der Waals surface area (Å²) in [5.41, 5.74) is 4.79. The number of alkyl halides is 1.